The Labute approximate surface area is 168 Å². The molecule has 0 aliphatic heterocycles. The van der Waals surface area contributed by atoms with Gasteiger partial charge < -0.3 is 5.32 Å². The molecule has 0 radical (unpaired) electrons. The fourth-order valence-electron chi connectivity index (χ4n) is 3.39. The molecule has 1 N–H and O–H groups in total. The smallest absolute Gasteiger partial charge is 0.328 e. The summed E-state index contributed by atoms with van der Waals surface area (Å²) in [5, 5.41) is 15.6. The van der Waals surface area contributed by atoms with Gasteiger partial charge in [0.2, 0.25) is 0 Å². The molecule has 4 aromatic rings. The van der Waals surface area contributed by atoms with Crippen LogP contribution in [0.3, 0.4) is 0 Å². The summed E-state index contributed by atoms with van der Waals surface area (Å²) in [6, 6.07) is 8.39. The Morgan fingerprint density at radius 2 is 1.80 bits per heavy atom. The zero-order valence-corrected chi connectivity index (χ0v) is 16.3. The standard InChI is InChI=1S/C20H17F3N6O/c1-10(14-8-9-16(27-26-14)20(21,22)23)25-19(30)29-18-12(3)24-15-7-5-4-6-13(15)17(18)11(2)28-29/h4-10H,1-3H3,(H,25,30)/t10-/m1/s1. The number of para-hydroxylation sites is 1. The number of hydrogen-bond donors (Lipinski definition) is 1. The lowest BCUT2D eigenvalue weighted by Gasteiger charge is -2.14. The number of aromatic nitrogens is 5. The highest BCUT2D eigenvalue weighted by Crippen LogP contribution is 2.29. The van der Waals surface area contributed by atoms with Crippen LogP contribution in [0.15, 0.2) is 36.4 Å². The first kappa shape index (κ1) is 19.7. The van der Waals surface area contributed by atoms with Gasteiger partial charge >= 0.3 is 12.2 Å². The molecule has 7 nitrogen and oxygen atoms in total. The van der Waals surface area contributed by atoms with Crippen molar-refractivity contribution in [1.29, 1.82) is 0 Å². The first-order valence-corrected chi connectivity index (χ1v) is 9.13. The number of alkyl halides is 3. The van der Waals surface area contributed by atoms with Crippen LogP contribution in [-0.2, 0) is 6.18 Å². The molecule has 1 aromatic carbocycles. The van der Waals surface area contributed by atoms with E-state index >= 15 is 0 Å². The topological polar surface area (TPSA) is 85.6 Å². The Morgan fingerprint density at radius 1 is 1.07 bits per heavy atom. The minimum absolute atomic E-state index is 0.199. The molecule has 4 rings (SSSR count). The van der Waals surface area contributed by atoms with E-state index in [4.69, 9.17) is 0 Å². The summed E-state index contributed by atoms with van der Waals surface area (Å²) in [5.41, 5.74) is 1.80. The average Bonchev–Trinajstić information content (AvgIpc) is 3.06. The van der Waals surface area contributed by atoms with Gasteiger partial charge in [-0.2, -0.15) is 28.1 Å². The fraction of sp³-hybridized carbons (Fsp3) is 0.250. The summed E-state index contributed by atoms with van der Waals surface area (Å²) in [6.07, 6.45) is -4.57. The second kappa shape index (κ2) is 7.05. The minimum Gasteiger partial charge on any atom is -0.328 e. The molecule has 0 saturated heterocycles. The third kappa shape index (κ3) is 3.34. The second-order valence-electron chi connectivity index (χ2n) is 6.95. The summed E-state index contributed by atoms with van der Waals surface area (Å²) in [5.74, 6) is 0. The Hall–Kier alpha value is -3.56. The van der Waals surface area contributed by atoms with Crippen molar-refractivity contribution in [1.82, 2.24) is 30.3 Å². The zero-order valence-electron chi connectivity index (χ0n) is 16.3. The summed E-state index contributed by atoms with van der Waals surface area (Å²) in [7, 11) is 0. The fourth-order valence-corrected chi connectivity index (χ4v) is 3.39. The third-order valence-electron chi connectivity index (χ3n) is 4.82. The number of fused-ring (bicyclic) bond motifs is 3. The van der Waals surface area contributed by atoms with Crippen LogP contribution in [0, 0.1) is 13.8 Å². The molecule has 3 heterocycles. The predicted molar refractivity (Wildman–Crippen MR) is 104 cm³/mol. The SMILES string of the molecule is Cc1nn(C(=O)N[C@H](C)c2ccc(C(F)(F)F)nn2)c2c(C)nc3ccccc3c12. The number of halogens is 3. The monoisotopic (exact) mass is 414 g/mol. The van der Waals surface area contributed by atoms with Gasteiger partial charge in [0, 0.05) is 10.8 Å². The number of aryl methyl sites for hydroxylation is 2. The van der Waals surface area contributed by atoms with Crippen LogP contribution in [0.2, 0.25) is 0 Å². The highest BCUT2D eigenvalue weighted by Gasteiger charge is 2.33. The van der Waals surface area contributed by atoms with Crippen LogP contribution < -0.4 is 5.32 Å². The van der Waals surface area contributed by atoms with Gasteiger partial charge in [-0.15, -0.1) is 5.10 Å². The molecule has 3 aromatic heterocycles. The van der Waals surface area contributed by atoms with E-state index in [0.29, 0.717) is 16.9 Å². The van der Waals surface area contributed by atoms with Crippen molar-refractivity contribution in [2.45, 2.75) is 33.0 Å². The highest BCUT2D eigenvalue weighted by molar-refractivity contribution is 6.08. The van der Waals surface area contributed by atoms with Gasteiger partial charge in [0.15, 0.2) is 5.69 Å². The van der Waals surface area contributed by atoms with Crippen LogP contribution in [0.5, 0.6) is 0 Å². The first-order chi connectivity index (χ1) is 14.2. The predicted octanol–water partition coefficient (Wildman–Crippen LogP) is 4.33. The van der Waals surface area contributed by atoms with Crippen LogP contribution >= 0.6 is 0 Å². The van der Waals surface area contributed by atoms with E-state index in [2.05, 4.69) is 25.6 Å². The van der Waals surface area contributed by atoms with Gasteiger partial charge in [0.1, 0.15) is 5.52 Å². The van der Waals surface area contributed by atoms with E-state index in [0.717, 1.165) is 22.4 Å². The van der Waals surface area contributed by atoms with E-state index in [1.165, 1.54) is 10.7 Å². The average molecular weight is 414 g/mol. The molecule has 1 atom stereocenters. The molecular formula is C20H17F3N6O. The maximum atomic E-state index is 12.9. The van der Waals surface area contributed by atoms with Crippen molar-refractivity contribution in [3.63, 3.8) is 0 Å². The van der Waals surface area contributed by atoms with E-state index < -0.39 is 23.9 Å². The van der Waals surface area contributed by atoms with Crippen LogP contribution in [0.1, 0.15) is 35.7 Å². The molecule has 0 bridgehead atoms. The molecule has 0 spiro atoms. The zero-order chi connectivity index (χ0) is 21.6. The summed E-state index contributed by atoms with van der Waals surface area (Å²) in [4.78, 5) is 17.5. The summed E-state index contributed by atoms with van der Waals surface area (Å²) < 4.78 is 39.2. The second-order valence-corrected chi connectivity index (χ2v) is 6.95. The maximum absolute atomic E-state index is 12.9. The molecule has 0 aliphatic carbocycles. The third-order valence-corrected chi connectivity index (χ3v) is 4.82. The number of rotatable bonds is 2. The van der Waals surface area contributed by atoms with E-state index in [9.17, 15) is 18.0 Å². The highest BCUT2D eigenvalue weighted by atomic mass is 19.4. The van der Waals surface area contributed by atoms with Crippen LogP contribution in [0.25, 0.3) is 21.8 Å². The van der Waals surface area contributed by atoms with Gasteiger partial charge in [-0.05, 0) is 39.0 Å². The lowest BCUT2D eigenvalue weighted by molar-refractivity contribution is -0.141. The molecular weight excluding hydrogens is 397 g/mol. The number of carbonyl (C=O) groups excluding carboxylic acids is 1. The first-order valence-electron chi connectivity index (χ1n) is 9.13. The van der Waals surface area contributed by atoms with Crippen molar-refractivity contribution in [3.8, 4) is 0 Å². The van der Waals surface area contributed by atoms with Crippen molar-refractivity contribution in [3.05, 3.63) is 59.2 Å². The number of hydrogen-bond acceptors (Lipinski definition) is 5. The summed E-state index contributed by atoms with van der Waals surface area (Å²) in [6.45, 7) is 5.21. The van der Waals surface area contributed by atoms with Crippen LogP contribution in [0.4, 0.5) is 18.0 Å². The number of benzene rings is 1. The number of nitrogens with one attached hydrogen (secondary N) is 1. The number of pyridine rings is 1. The molecule has 154 valence electrons. The lowest BCUT2D eigenvalue weighted by atomic mass is 10.1. The molecule has 10 heteroatoms. The van der Waals surface area contributed by atoms with Crippen molar-refractivity contribution in [2.24, 2.45) is 0 Å². The van der Waals surface area contributed by atoms with Crippen LogP contribution in [-0.4, -0.2) is 31.0 Å². The van der Waals surface area contributed by atoms with E-state index in [1.807, 2.05) is 31.2 Å². The van der Waals surface area contributed by atoms with E-state index in [-0.39, 0.29) is 5.69 Å². The molecule has 0 unspecified atom stereocenters. The van der Waals surface area contributed by atoms with Crippen molar-refractivity contribution in [2.75, 3.05) is 0 Å². The van der Waals surface area contributed by atoms with Gasteiger partial charge in [-0.1, -0.05) is 18.2 Å². The maximum Gasteiger partial charge on any atom is 0.435 e. The Kier molecular flexibility index (Phi) is 4.64. The van der Waals surface area contributed by atoms with E-state index in [1.54, 1.807) is 13.8 Å². The minimum atomic E-state index is -4.57. The molecule has 1 amide bonds. The summed E-state index contributed by atoms with van der Waals surface area (Å²) >= 11 is 0. The Balaban J connectivity index is 1.68. The quantitative estimate of drug-likeness (QED) is 0.528. The molecule has 0 saturated carbocycles. The molecule has 30 heavy (non-hydrogen) atoms. The van der Waals surface area contributed by atoms with Crippen molar-refractivity contribution < 1.29 is 18.0 Å². The molecule has 0 aliphatic rings. The largest absolute Gasteiger partial charge is 0.435 e. The Bertz CT molecular complexity index is 1260. The number of amides is 1. The molecule has 0 fully saturated rings. The van der Waals surface area contributed by atoms with Gasteiger partial charge in [0.25, 0.3) is 0 Å². The Morgan fingerprint density at radius 3 is 2.47 bits per heavy atom. The van der Waals surface area contributed by atoms with Gasteiger partial charge in [-0.3, -0.25) is 4.98 Å². The van der Waals surface area contributed by atoms with Gasteiger partial charge in [-0.25, -0.2) is 4.79 Å². The number of nitrogens with zero attached hydrogens (tertiary/aromatic N) is 5. The normalized spacial score (nSPS) is 13.0. The number of carbonyl (C=O) groups is 1. The van der Waals surface area contributed by atoms with Gasteiger partial charge in [0.05, 0.1) is 28.6 Å². The van der Waals surface area contributed by atoms with Crippen molar-refractivity contribution >= 4 is 27.8 Å². The lowest BCUT2D eigenvalue weighted by Crippen LogP contribution is -2.32.